The van der Waals surface area contributed by atoms with Gasteiger partial charge in [0.05, 0.1) is 20.6 Å². The summed E-state index contributed by atoms with van der Waals surface area (Å²) in [5.41, 5.74) is 3.09. The van der Waals surface area contributed by atoms with Gasteiger partial charge in [0.25, 0.3) is 0 Å². The van der Waals surface area contributed by atoms with Crippen LogP contribution in [0.1, 0.15) is 11.1 Å². The maximum Gasteiger partial charge on any atom is 0.227 e. The van der Waals surface area contributed by atoms with Crippen LogP contribution in [0, 0.1) is 6.92 Å². The molecule has 0 bridgehead atoms. The fourth-order valence-electron chi connectivity index (χ4n) is 3.55. The van der Waals surface area contributed by atoms with Gasteiger partial charge in [0, 0.05) is 26.2 Å². The van der Waals surface area contributed by atoms with Crippen LogP contribution in [0.4, 0.5) is 5.13 Å². The highest BCUT2D eigenvalue weighted by Gasteiger charge is 2.24. The van der Waals surface area contributed by atoms with Crippen molar-refractivity contribution in [1.29, 1.82) is 0 Å². The standard InChI is InChI=1S/C22H25N3O3S/c1-15-4-6-16(7-5-15)14-19(26)24-10-12-25(13-11-24)22-23-20-17(27-2)8-9-18(28-3)21(20)29-22/h4-9H,10-14H2,1-3H3. The minimum Gasteiger partial charge on any atom is -0.495 e. The first-order valence-electron chi connectivity index (χ1n) is 9.69. The van der Waals surface area contributed by atoms with Crippen LogP contribution < -0.4 is 14.4 Å². The number of piperazine rings is 1. The number of anilines is 1. The number of hydrogen-bond donors (Lipinski definition) is 0. The van der Waals surface area contributed by atoms with Gasteiger partial charge in [-0.15, -0.1) is 0 Å². The van der Waals surface area contributed by atoms with E-state index in [4.69, 9.17) is 14.5 Å². The number of rotatable bonds is 5. The number of methoxy groups -OCH3 is 2. The van der Waals surface area contributed by atoms with E-state index in [0.717, 1.165) is 45.5 Å². The lowest BCUT2D eigenvalue weighted by Gasteiger charge is -2.34. The Hall–Kier alpha value is -2.80. The van der Waals surface area contributed by atoms with Crippen LogP contribution in [0.5, 0.6) is 11.5 Å². The first kappa shape index (κ1) is 19.5. The second kappa shape index (κ2) is 8.29. The number of fused-ring (bicyclic) bond motifs is 1. The summed E-state index contributed by atoms with van der Waals surface area (Å²) >= 11 is 1.60. The molecule has 1 fully saturated rings. The van der Waals surface area contributed by atoms with Crippen molar-refractivity contribution in [2.24, 2.45) is 0 Å². The van der Waals surface area contributed by atoms with Crippen molar-refractivity contribution in [3.8, 4) is 11.5 Å². The SMILES string of the molecule is COc1ccc(OC)c2sc(N3CCN(C(=O)Cc4ccc(C)cc4)CC3)nc12. The van der Waals surface area contributed by atoms with Gasteiger partial charge in [-0.1, -0.05) is 41.2 Å². The number of thiazole rings is 1. The first-order chi connectivity index (χ1) is 14.1. The molecule has 0 N–H and O–H groups in total. The Morgan fingerprint density at radius 1 is 1.00 bits per heavy atom. The van der Waals surface area contributed by atoms with E-state index >= 15 is 0 Å². The quantitative estimate of drug-likeness (QED) is 0.643. The van der Waals surface area contributed by atoms with Crippen LogP contribution in [-0.2, 0) is 11.2 Å². The van der Waals surface area contributed by atoms with Gasteiger partial charge in [-0.25, -0.2) is 4.98 Å². The topological polar surface area (TPSA) is 54.9 Å². The molecule has 2 aromatic carbocycles. The van der Waals surface area contributed by atoms with Crippen LogP contribution in [0.15, 0.2) is 36.4 Å². The third kappa shape index (κ3) is 4.00. The maximum atomic E-state index is 12.7. The molecule has 4 rings (SSSR count). The van der Waals surface area contributed by atoms with Crippen molar-refractivity contribution >= 4 is 32.6 Å². The van der Waals surface area contributed by atoms with E-state index in [1.54, 1.807) is 25.6 Å². The second-order valence-corrected chi connectivity index (χ2v) is 8.15. The number of benzene rings is 2. The van der Waals surface area contributed by atoms with Crippen LogP contribution in [0.2, 0.25) is 0 Å². The van der Waals surface area contributed by atoms with E-state index < -0.39 is 0 Å². The number of carbonyl (C=O) groups is 1. The lowest BCUT2D eigenvalue weighted by molar-refractivity contribution is -0.130. The second-order valence-electron chi connectivity index (χ2n) is 7.17. The summed E-state index contributed by atoms with van der Waals surface area (Å²) in [6.07, 6.45) is 0.454. The molecular formula is C22H25N3O3S. The van der Waals surface area contributed by atoms with Crippen LogP contribution in [0.3, 0.4) is 0 Å². The molecule has 1 aliphatic rings. The van der Waals surface area contributed by atoms with Crippen molar-refractivity contribution in [3.05, 3.63) is 47.5 Å². The first-order valence-corrected chi connectivity index (χ1v) is 10.5. The molecule has 1 saturated heterocycles. The van der Waals surface area contributed by atoms with Gasteiger partial charge in [0.1, 0.15) is 21.7 Å². The molecule has 0 radical (unpaired) electrons. The van der Waals surface area contributed by atoms with Gasteiger partial charge in [0.15, 0.2) is 5.13 Å². The number of amides is 1. The van der Waals surface area contributed by atoms with E-state index in [1.165, 1.54) is 5.56 Å². The molecule has 1 aromatic heterocycles. The van der Waals surface area contributed by atoms with Crippen molar-refractivity contribution in [2.75, 3.05) is 45.3 Å². The molecule has 2 heterocycles. The van der Waals surface area contributed by atoms with E-state index in [9.17, 15) is 4.79 Å². The van der Waals surface area contributed by atoms with E-state index in [-0.39, 0.29) is 5.91 Å². The maximum absolute atomic E-state index is 12.7. The molecule has 3 aromatic rings. The molecule has 152 valence electrons. The molecule has 29 heavy (non-hydrogen) atoms. The molecule has 0 atom stereocenters. The Bertz CT molecular complexity index is 967. The lowest BCUT2D eigenvalue weighted by atomic mass is 10.1. The molecule has 0 unspecified atom stereocenters. The zero-order valence-electron chi connectivity index (χ0n) is 17.0. The predicted octanol–water partition coefficient (Wildman–Crippen LogP) is 3.51. The van der Waals surface area contributed by atoms with Crippen LogP contribution in [0.25, 0.3) is 10.2 Å². The zero-order chi connectivity index (χ0) is 20.4. The van der Waals surface area contributed by atoms with Crippen molar-refractivity contribution < 1.29 is 14.3 Å². The molecule has 6 nitrogen and oxygen atoms in total. The minimum absolute atomic E-state index is 0.182. The van der Waals surface area contributed by atoms with Crippen LogP contribution in [-0.4, -0.2) is 56.2 Å². The molecule has 0 aliphatic carbocycles. The van der Waals surface area contributed by atoms with E-state index in [0.29, 0.717) is 19.5 Å². The highest BCUT2D eigenvalue weighted by molar-refractivity contribution is 7.22. The number of hydrogen-bond acceptors (Lipinski definition) is 6. The van der Waals surface area contributed by atoms with Gasteiger partial charge >= 0.3 is 0 Å². The third-order valence-corrected chi connectivity index (χ3v) is 6.41. The van der Waals surface area contributed by atoms with Gasteiger partial charge < -0.3 is 19.3 Å². The Kier molecular flexibility index (Phi) is 5.58. The van der Waals surface area contributed by atoms with Crippen molar-refractivity contribution in [2.45, 2.75) is 13.3 Å². The number of ether oxygens (including phenoxy) is 2. The normalized spacial score (nSPS) is 14.3. The fourth-order valence-corrected chi connectivity index (χ4v) is 4.68. The molecule has 0 spiro atoms. The van der Waals surface area contributed by atoms with Gasteiger partial charge in [-0.3, -0.25) is 4.79 Å². The summed E-state index contributed by atoms with van der Waals surface area (Å²) in [7, 11) is 3.32. The summed E-state index contributed by atoms with van der Waals surface area (Å²) in [6.45, 7) is 5.00. The Labute approximate surface area is 174 Å². The van der Waals surface area contributed by atoms with Crippen molar-refractivity contribution in [3.63, 3.8) is 0 Å². The van der Waals surface area contributed by atoms with Gasteiger partial charge in [-0.05, 0) is 24.6 Å². The lowest BCUT2D eigenvalue weighted by Crippen LogP contribution is -2.49. The van der Waals surface area contributed by atoms with E-state index in [1.807, 2.05) is 29.2 Å². The fraction of sp³-hybridized carbons (Fsp3) is 0.364. The summed E-state index contributed by atoms with van der Waals surface area (Å²) in [4.78, 5) is 21.6. The largest absolute Gasteiger partial charge is 0.495 e. The zero-order valence-corrected chi connectivity index (χ0v) is 17.8. The predicted molar refractivity (Wildman–Crippen MR) is 116 cm³/mol. The Morgan fingerprint density at radius 3 is 2.31 bits per heavy atom. The monoisotopic (exact) mass is 411 g/mol. The third-order valence-electron chi connectivity index (χ3n) is 5.28. The summed E-state index contributed by atoms with van der Waals surface area (Å²) < 4.78 is 11.9. The smallest absolute Gasteiger partial charge is 0.227 e. The molecule has 1 aliphatic heterocycles. The highest BCUT2D eigenvalue weighted by atomic mass is 32.1. The summed E-state index contributed by atoms with van der Waals surface area (Å²) in [5.74, 6) is 1.73. The number of carbonyl (C=O) groups excluding carboxylic acids is 1. The molecule has 7 heteroatoms. The Balaban J connectivity index is 1.44. The van der Waals surface area contributed by atoms with Gasteiger partial charge in [0.2, 0.25) is 5.91 Å². The van der Waals surface area contributed by atoms with Crippen molar-refractivity contribution in [1.82, 2.24) is 9.88 Å². The Morgan fingerprint density at radius 2 is 1.66 bits per heavy atom. The van der Waals surface area contributed by atoms with Gasteiger partial charge in [-0.2, -0.15) is 0 Å². The molecule has 1 amide bonds. The number of aryl methyl sites for hydroxylation is 1. The summed E-state index contributed by atoms with van der Waals surface area (Å²) in [5, 5.41) is 0.938. The highest BCUT2D eigenvalue weighted by Crippen LogP contribution is 2.40. The average molecular weight is 412 g/mol. The molecule has 0 saturated carbocycles. The summed E-state index contributed by atoms with van der Waals surface area (Å²) in [6, 6.07) is 12.0. The van der Waals surface area contributed by atoms with Crippen LogP contribution >= 0.6 is 11.3 Å². The number of aromatic nitrogens is 1. The number of nitrogens with zero attached hydrogens (tertiary/aromatic N) is 3. The molecular weight excluding hydrogens is 386 g/mol. The van der Waals surface area contributed by atoms with E-state index in [2.05, 4.69) is 24.0 Å². The average Bonchev–Trinajstić information content (AvgIpc) is 3.20. The minimum atomic E-state index is 0.182.